The molecule has 1 unspecified atom stereocenters. The monoisotopic (exact) mass is 366 g/mol. The van der Waals surface area contributed by atoms with Crippen LogP contribution in [0, 0.1) is 5.92 Å². The minimum Gasteiger partial charge on any atom is -0.478 e. The van der Waals surface area contributed by atoms with Crippen LogP contribution in [0.15, 0.2) is 30.6 Å². The molecule has 0 saturated carbocycles. The van der Waals surface area contributed by atoms with E-state index in [0.717, 1.165) is 37.2 Å². The van der Waals surface area contributed by atoms with Crippen molar-refractivity contribution in [1.82, 2.24) is 14.9 Å². The van der Waals surface area contributed by atoms with Gasteiger partial charge in [-0.25, -0.2) is 9.78 Å². The number of pyridine rings is 2. The molecule has 1 N–H and O–H groups in total. The van der Waals surface area contributed by atoms with Gasteiger partial charge in [0, 0.05) is 39.1 Å². The van der Waals surface area contributed by atoms with E-state index in [4.69, 9.17) is 5.11 Å². The van der Waals surface area contributed by atoms with E-state index in [1.807, 2.05) is 24.1 Å². The van der Waals surface area contributed by atoms with Gasteiger partial charge in [-0.2, -0.15) is 0 Å². The minimum atomic E-state index is -0.972. The van der Waals surface area contributed by atoms with E-state index in [9.17, 15) is 9.59 Å². The first-order valence-electron chi connectivity index (χ1n) is 9.19. The zero-order valence-corrected chi connectivity index (χ0v) is 15.3. The van der Waals surface area contributed by atoms with Gasteiger partial charge < -0.3 is 14.9 Å². The van der Waals surface area contributed by atoms with Gasteiger partial charge in [-0.3, -0.25) is 9.78 Å². The summed E-state index contributed by atoms with van der Waals surface area (Å²) in [5.41, 5.74) is 2.79. The topological polar surface area (TPSA) is 86.6 Å². The number of hydrogen-bond donors (Lipinski definition) is 1. The third-order valence-corrected chi connectivity index (χ3v) is 5.39. The number of aromatic carboxylic acids is 1. The first kappa shape index (κ1) is 17.5. The Morgan fingerprint density at radius 2 is 2.11 bits per heavy atom. The van der Waals surface area contributed by atoms with E-state index in [1.54, 1.807) is 12.3 Å². The number of carbonyl (C=O) groups excluding carboxylic acids is 1. The van der Waals surface area contributed by atoms with E-state index < -0.39 is 5.97 Å². The fourth-order valence-electron chi connectivity index (χ4n) is 3.91. The Labute approximate surface area is 157 Å². The second-order valence-electron chi connectivity index (χ2n) is 7.35. The Kier molecular flexibility index (Phi) is 4.51. The van der Waals surface area contributed by atoms with Crippen LogP contribution in [0.5, 0.6) is 0 Å². The van der Waals surface area contributed by atoms with Crippen LogP contribution in [0.25, 0.3) is 0 Å². The maximum atomic E-state index is 12.8. The SMILES string of the molecule is CN1CCc2ccc(C(=O)N3CCC(Cc4cncc(C(=O)O)c4)C3)nc21. The molecular formula is C20H22N4O3. The number of carbonyl (C=O) groups is 2. The number of likely N-dealkylation sites (N-methyl/N-ethyl adjacent to an activating group) is 1. The fourth-order valence-corrected chi connectivity index (χ4v) is 3.91. The maximum absolute atomic E-state index is 12.8. The molecule has 2 aliphatic rings. The first-order chi connectivity index (χ1) is 13.0. The average molecular weight is 366 g/mol. The number of carboxylic acids is 1. The van der Waals surface area contributed by atoms with E-state index in [2.05, 4.69) is 14.9 Å². The predicted molar refractivity (Wildman–Crippen MR) is 100 cm³/mol. The summed E-state index contributed by atoms with van der Waals surface area (Å²) in [4.78, 5) is 36.5. The molecule has 27 heavy (non-hydrogen) atoms. The highest BCUT2D eigenvalue weighted by atomic mass is 16.4. The number of fused-ring (bicyclic) bond motifs is 1. The fraction of sp³-hybridized carbons (Fsp3) is 0.400. The van der Waals surface area contributed by atoms with E-state index in [-0.39, 0.29) is 11.5 Å². The zero-order chi connectivity index (χ0) is 19.0. The summed E-state index contributed by atoms with van der Waals surface area (Å²) >= 11 is 0. The number of hydrogen-bond acceptors (Lipinski definition) is 5. The highest BCUT2D eigenvalue weighted by Gasteiger charge is 2.29. The van der Waals surface area contributed by atoms with E-state index >= 15 is 0 Å². The van der Waals surface area contributed by atoms with Crippen molar-refractivity contribution in [3.8, 4) is 0 Å². The van der Waals surface area contributed by atoms with Crippen LogP contribution in [0.1, 0.15) is 38.4 Å². The van der Waals surface area contributed by atoms with Crippen molar-refractivity contribution >= 4 is 17.7 Å². The molecule has 2 aliphatic heterocycles. The van der Waals surface area contributed by atoms with Crippen LogP contribution in [0.3, 0.4) is 0 Å². The van der Waals surface area contributed by atoms with Gasteiger partial charge in [0.2, 0.25) is 0 Å². The first-order valence-corrected chi connectivity index (χ1v) is 9.19. The molecule has 1 amide bonds. The molecule has 4 heterocycles. The number of rotatable bonds is 4. The average Bonchev–Trinajstić information content (AvgIpc) is 3.28. The Morgan fingerprint density at radius 1 is 1.26 bits per heavy atom. The molecule has 2 aromatic heterocycles. The Bertz CT molecular complexity index is 899. The number of nitrogens with zero attached hydrogens (tertiary/aromatic N) is 4. The lowest BCUT2D eigenvalue weighted by atomic mass is 9.99. The van der Waals surface area contributed by atoms with Gasteiger partial charge in [0.25, 0.3) is 5.91 Å². The van der Waals surface area contributed by atoms with Gasteiger partial charge in [0.1, 0.15) is 11.5 Å². The van der Waals surface area contributed by atoms with Gasteiger partial charge in [-0.1, -0.05) is 6.07 Å². The van der Waals surface area contributed by atoms with Crippen molar-refractivity contribution in [3.05, 3.63) is 53.0 Å². The predicted octanol–water partition coefficient (Wildman–Crippen LogP) is 1.87. The van der Waals surface area contributed by atoms with Crippen molar-refractivity contribution in [2.24, 2.45) is 5.92 Å². The molecule has 140 valence electrons. The van der Waals surface area contributed by atoms with Gasteiger partial charge in [-0.15, -0.1) is 0 Å². The third kappa shape index (κ3) is 3.49. The van der Waals surface area contributed by atoms with Crippen molar-refractivity contribution < 1.29 is 14.7 Å². The van der Waals surface area contributed by atoms with Crippen LogP contribution in [0.2, 0.25) is 0 Å². The van der Waals surface area contributed by atoms with Crippen molar-refractivity contribution in [3.63, 3.8) is 0 Å². The van der Waals surface area contributed by atoms with E-state index in [0.29, 0.717) is 24.7 Å². The molecule has 1 atom stereocenters. The third-order valence-electron chi connectivity index (χ3n) is 5.39. The van der Waals surface area contributed by atoms with E-state index in [1.165, 1.54) is 11.8 Å². The van der Waals surface area contributed by atoms with Gasteiger partial charge in [0.05, 0.1) is 5.56 Å². The molecule has 7 heteroatoms. The van der Waals surface area contributed by atoms with Crippen molar-refractivity contribution in [2.75, 3.05) is 31.6 Å². The van der Waals surface area contributed by atoms with Crippen LogP contribution < -0.4 is 4.90 Å². The summed E-state index contributed by atoms with van der Waals surface area (Å²) < 4.78 is 0. The Balaban J connectivity index is 1.42. The summed E-state index contributed by atoms with van der Waals surface area (Å²) in [6, 6.07) is 5.50. The largest absolute Gasteiger partial charge is 0.478 e. The highest BCUT2D eigenvalue weighted by molar-refractivity contribution is 5.93. The number of carboxylic acid groups (broad SMARTS) is 1. The Morgan fingerprint density at radius 3 is 2.93 bits per heavy atom. The maximum Gasteiger partial charge on any atom is 0.337 e. The lowest BCUT2D eigenvalue weighted by Gasteiger charge is -2.17. The molecule has 0 bridgehead atoms. The molecule has 0 aliphatic carbocycles. The summed E-state index contributed by atoms with van der Waals surface area (Å²) in [7, 11) is 2.00. The zero-order valence-electron chi connectivity index (χ0n) is 15.3. The quantitative estimate of drug-likeness (QED) is 0.889. The van der Waals surface area contributed by atoms with Crippen LogP contribution in [-0.2, 0) is 12.8 Å². The van der Waals surface area contributed by atoms with Crippen LogP contribution in [0.4, 0.5) is 5.82 Å². The molecular weight excluding hydrogens is 344 g/mol. The normalized spacial score (nSPS) is 18.6. The smallest absolute Gasteiger partial charge is 0.337 e. The van der Waals surface area contributed by atoms with Crippen LogP contribution in [-0.4, -0.2) is 58.5 Å². The molecule has 1 saturated heterocycles. The van der Waals surface area contributed by atoms with Gasteiger partial charge >= 0.3 is 5.97 Å². The highest BCUT2D eigenvalue weighted by Crippen LogP contribution is 2.26. The van der Waals surface area contributed by atoms with Crippen LogP contribution >= 0.6 is 0 Å². The standard InChI is InChI=1S/C20H22N4O3/c1-23-6-5-15-2-3-17(22-18(15)23)19(25)24-7-4-13(12-24)8-14-9-16(20(26)27)11-21-10-14/h2-3,9-11,13H,4-8,12H2,1H3,(H,26,27). The summed E-state index contributed by atoms with van der Waals surface area (Å²) in [6.07, 6.45) is 5.65. The van der Waals surface area contributed by atoms with Gasteiger partial charge in [-0.05, 0) is 48.4 Å². The van der Waals surface area contributed by atoms with Crippen molar-refractivity contribution in [2.45, 2.75) is 19.3 Å². The second kappa shape index (κ2) is 6.98. The molecule has 1 fully saturated rings. The van der Waals surface area contributed by atoms with Crippen molar-refractivity contribution in [1.29, 1.82) is 0 Å². The summed E-state index contributed by atoms with van der Waals surface area (Å²) in [5.74, 6) is 0.211. The summed E-state index contributed by atoms with van der Waals surface area (Å²) in [6.45, 7) is 2.30. The lowest BCUT2D eigenvalue weighted by Crippen LogP contribution is -2.30. The molecule has 2 aromatic rings. The number of amides is 1. The van der Waals surface area contributed by atoms with Gasteiger partial charge in [0.15, 0.2) is 0 Å². The number of likely N-dealkylation sites (tertiary alicyclic amines) is 1. The molecule has 0 spiro atoms. The molecule has 7 nitrogen and oxygen atoms in total. The summed E-state index contributed by atoms with van der Waals surface area (Å²) in [5, 5.41) is 9.09. The molecule has 0 radical (unpaired) electrons. The number of aromatic nitrogens is 2. The second-order valence-corrected chi connectivity index (χ2v) is 7.35. The Hall–Kier alpha value is -2.96. The number of anilines is 1. The molecule has 4 rings (SSSR count). The molecule has 0 aromatic carbocycles. The lowest BCUT2D eigenvalue weighted by molar-refractivity contribution is 0.0695. The minimum absolute atomic E-state index is 0.0296.